The van der Waals surface area contributed by atoms with Crippen LogP contribution in [0.15, 0.2) is 200 Å². The van der Waals surface area contributed by atoms with Gasteiger partial charge in [0.1, 0.15) is 5.82 Å². The standard InChI is InChI=1S/C59H45N4.Pt/c1-41-27-29-51(42(2)33-41)45-35-44(36-50(38-45)62-40-61(49-21-11-6-12-22-49)55-25-15-16-26-56(55)62)34-43-28-30-53-52-23-13-14-24-54(52)63(57(53)37-43)58-39-48(31-32-60-58)59(3,46-17-7-4-8-18-46)47-19-9-5-10-20-47;/h4-33,35,38-40H,34H2,1-3H3;/q-3;/i34D2;. The van der Waals surface area contributed by atoms with Crippen molar-refractivity contribution in [2.45, 2.75) is 32.6 Å². The number of para-hydroxylation sites is 4. The zero-order chi connectivity index (χ0) is 44.3. The van der Waals surface area contributed by atoms with E-state index in [1.54, 1.807) is 0 Å². The molecule has 0 bridgehead atoms. The van der Waals surface area contributed by atoms with Gasteiger partial charge in [-0.25, -0.2) is 4.98 Å². The molecule has 10 aromatic rings. The first-order chi connectivity index (χ1) is 31.7. The first-order valence-electron chi connectivity index (χ1n) is 22.5. The zero-order valence-electron chi connectivity index (χ0n) is 37.7. The van der Waals surface area contributed by atoms with Gasteiger partial charge in [-0.05, 0) is 103 Å². The van der Waals surface area contributed by atoms with Crippen LogP contribution in [0.4, 0.5) is 22.7 Å². The summed E-state index contributed by atoms with van der Waals surface area (Å²) in [7, 11) is 0. The number of hydrogen-bond acceptors (Lipinski definition) is 3. The summed E-state index contributed by atoms with van der Waals surface area (Å²) in [4.78, 5) is 9.32. The number of rotatable bonds is 9. The van der Waals surface area contributed by atoms with Crippen LogP contribution in [0.25, 0.3) is 38.8 Å². The maximum absolute atomic E-state index is 10.1. The van der Waals surface area contributed by atoms with Gasteiger partial charge in [-0.2, -0.15) is 41.5 Å². The second-order valence-corrected chi connectivity index (χ2v) is 16.5. The molecular weight excluding hydrogens is 960 g/mol. The molecule has 0 amide bonds. The Morgan fingerprint density at radius 3 is 1.97 bits per heavy atom. The van der Waals surface area contributed by atoms with Crippen molar-refractivity contribution < 1.29 is 23.8 Å². The van der Waals surface area contributed by atoms with Crippen LogP contribution < -0.4 is 9.80 Å². The number of nitrogens with zero attached hydrogens (tertiary/aromatic N) is 4. The summed E-state index contributed by atoms with van der Waals surface area (Å²) in [5.74, 6) is 0.734. The van der Waals surface area contributed by atoms with Crippen molar-refractivity contribution in [1.29, 1.82) is 0 Å². The van der Waals surface area contributed by atoms with Crippen LogP contribution >= 0.6 is 0 Å². The minimum Gasteiger partial charge on any atom is -0.493 e. The molecule has 1 aliphatic rings. The molecule has 2 aromatic heterocycles. The van der Waals surface area contributed by atoms with Crippen LogP contribution in [0.3, 0.4) is 0 Å². The molecule has 0 atom stereocenters. The number of benzene rings is 8. The maximum atomic E-state index is 10.1. The molecule has 11 rings (SSSR count). The molecule has 64 heavy (non-hydrogen) atoms. The van der Waals surface area contributed by atoms with Crippen LogP contribution in [-0.2, 0) is 32.9 Å². The third-order valence-electron chi connectivity index (χ3n) is 12.6. The predicted octanol–water partition coefficient (Wildman–Crippen LogP) is 14.4. The van der Waals surface area contributed by atoms with Gasteiger partial charge in [-0.15, -0.1) is 29.4 Å². The van der Waals surface area contributed by atoms with E-state index < -0.39 is 11.8 Å². The number of fused-ring (bicyclic) bond motifs is 4. The number of pyridine rings is 1. The first kappa shape index (κ1) is 38.7. The van der Waals surface area contributed by atoms with E-state index in [4.69, 9.17) is 4.98 Å². The summed E-state index contributed by atoms with van der Waals surface area (Å²) in [6, 6.07) is 74.2. The summed E-state index contributed by atoms with van der Waals surface area (Å²) in [5.41, 5.74) is 13.5. The summed E-state index contributed by atoms with van der Waals surface area (Å²) in [5, 5.41) is 2.02. The van der Waals surface area contributed by atoms with Crippen LogP contribution in [0, 0.1) is 32.6 Å². The first-order valence-corrected chi connectivity index (χ1v) is 21.5. The van der Waals surface area contributed by atoms with Gasteiger partial charge in [0, 0.05) is 58.0 Å². The van der Waals surface area contributed by atoms with Crippen LogP contribution in [-0.4, -0.2) is 9.55 Å². The molecule has 314 valence electrons. The van der Waals surface area contributed by atoms with E-state index >= 15 is 0 Å². The van der Waals surface area contributed by atoms with Crippen molar-refractivity contribution >= 4 is 44.6 Å². The number of aromatic nitrogens is 2. The fraction of sp³-hybridized carbons (Fsp3) is 0.0847. The minimum absolute atomic E-state index is 0. The molecule has 4 nitrogen and oxygen atoms in total. The topological polar surface area (TPSA) is 24.3 Å². The van der Waals surface area contributed by atoms with E-state index in [9.17, 15) is 2.74 Å². The maximum Gasteiger partial charge on any atom is 0.135 e. The van der Waals surface area contributed by atoms with E-state index in [1.165, 1.54) is 16.7 Å². The molecule has 0 radical (unpaired) electrons. The van der Waals surface area contributed by atoms with Gasteiger partial charge in [-0.3, -0.25) is 0 Å². The largest absolute Gasteiger partial charge is 0.493 e. The molecule has 0 saturated heterocycles. The van der Waals surface area contributed by atoms with Crippen molar-refractivity contribution in [1.82, 2.24) is 9.55 Å². The van der Waals surface area contributed by atoms with Gasteiger partial charge in [0.05, 0.1) is 0 Å². The number of aryl methyl sites for hydroxylation is 2. The molecule has 1 aliphatic heterocycles. The Labute approximate surface area is 393 Å². The van der Waals surface area contributed by atoms with Gasteiger partial charge < -0.3 is 14.4 Å². The van der Waals surface area contributed by atoms with Crippen molar-refractivity contribution in [2.24, 2.45) is 0 Å². The van der Waals surface area contributed by atoms with E-state index in [0.29, 0.717) is 11.1 Å². The van der Waals surface area contributed by atoms with Gasteiger partial charge >= 0.3 is 0 Å². The molecule has 0 aliphatic carbocycles. The van der Waals surface area contributed by atoms with E-state index in [1.807, 2.05) is 66.9 Å². The quantitative estimate of drug-likeness (QED) is 0.135. The summed E-state index contributed by atoms with van der Waals surface area (Å²) < 4.78 is 22.3. The molecule has 0 N–H and O–H groups in total. The fourth-order valence-corrected chi connectivity index (χ4v) is 9.39. The Kier molecular flexibility index (Phi) is 10.2. The van der Waals surface area contributed by atoms with E-state index in [2.05, 4.69) is 187 Å². The Balaban J connectivity index is 0.00000511. The number of hydrogen-bond donors (Lipinski definition) is 0. The second kappa shape index (κ2) is 16.9. The Hall–Kier alpha value is -7.00. The van der Waals surface area contributed by atoms with Gasteiger partial charge in [0.25, 0.3) is 0 Å². The SMILES string of the molecule is [2H]C([2H])(c1[c-]c2c(cc1)c1ccccc1n2-c1cc(C(C)(c2ccccc2)c2ccccc2)ccn1)c1[c-]c(N2[CH-]N(c3ccccc3)c3ccccc32)cc(-c2ccc(C)cc2C)c1.[Pt]. The predicted molar refractivity (Wildman–Crippen MR) is 260 cm³/mol. The fourth-order valence-electron chi connectivity index (χ4n) is 9.39. The zero-order valence-corrected chi connectivity index (χ0v) is 38.0. The van der Waals surface area contributed by atoms with E-state index in [0.717, 1.165) is 72.6 Å². The Morgan fingerprint density at radius 2 is 1.25 bits per heavy atom. The van der Waals surface area contributed by atoms with Crippen molar-refractivity contribution in [3.63, 3.8) is 0 Å². The molecular formula is C59H45N4Pt-3. The molecule has 8 aromatic carbocycles. The summed E-state index contributed by atoms with van der Waals surface area (Å²) >= 11 is 0. The molecule has 0 spiro atoms. The normalized spacial score (nSPS) is 13.1. The van der Waals surface area contributed by atoms with Crippen molar-refractivity contribution in [3.05, 3.63) is 258 Å². The molecule has 0 unspecified atom stereocenters. The number of anilines is 4. The molecule has 0 saturated carbocycles. The molecule has 5 heteroatoms. The third-order valence-corrected chi connectivity index (χ3v) is 12.6. The Bertz CT molecular complexity index is 3350. The molecule has 3 heterocycles. The van der Waals surface area contributed by atoms with Crippen LogP contribution in [0.1, 0.15) is 48.6 Å². The minimum atomic E-state index is -2.01. The average Bonchev–Trinajstić information content (AvgIpc) is 3.91. The second-order valence-electron chi connectivity index (χ2n) is 16.5. The van der Waals surface area contributed by atoms with Crippen molar-refractivity contribution in [3.8, 4) is 16.9 Å². The van der Waals surface area contributed by atoms with Crippen LogP contribution in [0.2, 0.25) is 0 Å². The van der Waals surface area contributed by atoms with Crippen molar-refractivity contribution in [2.75, 3.05) is 9.80 Å². The van der Waals surface area contributed by atoms with Gasteiger partial charge in [0.2, 0.25) is 0 Å². The van der Waals surface area contributed by atoms with Crippen LogP contribution in [0.5, 0.6) is 0 Å². The summed E-state index contributed by atoms with van der Waals surface area (Å²) in [6.07, 6.45) is -0.119. The average molecular weight is 1010 g/mol. The third kappa shape index (κ3) is 7.22. The molecule has 0 fully saturated rings. The smallest absolute Gasteiger partial charge is 0.135 e. The monoisotopic (exact) mass is 1010 g/mol. The van der Waals surface area contributed by atoms with Gasteiger partial charge in [-0.1, -0.05) is 138 Å². The van der Waals surface area contributed by atoms with E-state index in [-0.39, 0.29) is 21.1 Å². The Morgan fingerprint density at radius 1 is 0.594 bits per heavy atom. The van der Waals surface area contributed by atoms with Gasteiger partial charge in [0.15, 0.2) is 0 Å². The summed E-state index contributed by atoms with van der Waals surface area (Å²) in [6.45, 7) is 8.57.